The molecule has 1 aliphatic heterocycles. The topological polar surface area (TPSA) is 27.8 Å². The van der Waals surface area contributed by atoms with Crippen LogP contribution in [-0.2, 0) is 12.6 Å². The number of hydrogen-bond donors (Lipinski definition) is 2. The van der Waals surface area contributed by atoms with E-state index in [2.05, 4.69) is 22.4 Å². The predicted molar refractivity (Wildman–Crippen MR) is 92.8 cm³/mol. The minimum absolute atomic E-state index is 0.275. The Morgan fingerprint density at radius 1 is 1.08 bits per heavy atom. The van der Waals surface area contributed by atoms with Crippen LogP contribution in [0.4, 0.5) is 13.2 Å². The number of aromatic amines is 1. The maximum atomic E-state index is 13.5. The van der Waals surface area contributed by atoms with E-state index < -0.39 is 17.8 Å². The van der Waals surface area contributed by atoms with E-state index >= 15 is 0 Å². The lowest BCUT2D eigenvalue weighted by Crippen LogP contribution is -2.32. The van der Waals surface area contributed by atoms with Gasteiger partial charge in [-0.15, -0.1) is 0 Å². The summed E-state index contributed by atoms with van der Waals surface area (Å²) in [7, 11) is 0. The fourth-order valence-electron chi connectivity index (χ4n) is 3.96. The van der Waals surface area contributed by atoms with Gasteiger partial charge in [-0.05, 0) is 49.1 Å². The summed E-state index contributed by atoms with van der Waals surface area (Å²) >= 11 is 0. The molecule has 2 nitrogen and oxygen atoms in total. The number of alkyl halides is 3. The van der Waals surface area contributed by atoms with Crippen LogP contribution in [-0.4, -0.2) is 11.5 Å². The van der Waals surface area contributed by atoms with Crippen molar-refractivity contribution >= 4 is 10.9 Å². The summed E-state index contributed by atoms with van der Waals surface area (Å²) in [5.41, 5.74) is 4.98. The van der Waals surface area contributed by atoms with Gasteiger partial charge in [0, 0.05) is 23.1 Å². The summed E-state index contributed by atoms with van der Waals surface area (Å²) in [5.74, 6) is 0. The summed E-state index contributed by atoms with van der Waals surface area (Å²) in [5, 5.41) is 4.40. The van der Waals surface area contributed by atoms with Gasteiger partial charge < -0.3 is 10.3 Å². The Bertz CT molecular complexity index is 953. The molecule has 3 aromatic rings. The second kappa shape index (κ2) is 5.63. The van der Waals surface area contributed by atoms with Gasteiger partial charge in [-0.2, -0.15) is 13.2 Å². The van der Waals surface area contributed by atoms with Crippen LogP contribution in [0.5, 0.6) is 0 Å². The van der Waals surface area contributed by atoms with Crippen molar-refractivity contribution in [1.82, 2.24) is 10.3 Å². The van der Waals surface area contributed by atoms with Gasteiger partial charge in [0.1, 0.15) is 0 Å². The predicted octanol–water partition coefficient (Wildman–Crippen LogP) is 5.04. The summed E-state index contributed by atoms with van der Waals surface area (Å²) < 4.78 is 40.4. The van der Waals surface area contributed by atoms with Crippen molar-refractivity contribution in [1.29, 1.82) is 0 Å². The largest absolute Gasteiger partial charge is 0.416 e. The molecule has 5 heteroatoms. The van der Waals surface area contributed by atoms with Crippen LogP contribution in [0.25, 0.3) is 10.9 Å². The van der Waals surface area contributed by atoms with E-state index in [1.54, 1.807) is 12.1 Å². The number of hydrogen-bond acceptors (Lipinski definition) is 1. The molecule has 2 aromatic carbocycles. The smallest absolute Gasteiger partial charge is 0.356 e. The van der Waals surface area contributed by atoms with Crippen LogP contribution in [0.3, 0.4) is 0 Å². The molecule has 130 valence electrons. The fraction of sp³-hybridized carbons (Fsp3) is 0.300. The van der Waals surface area contributed by atoms with Gasteiger partial charge in [-0.25, -0.2) is 0 Å². The van der Waals surface area contributed by atoms with Gasteiger partial charge in [0.05, 0.1) is 11.6 Å². The first-order valence-corrected chi connectivity index (χ1v) is 8.37. The minimum Gasteiger partial charge on any atom is -0.356 e. The average Bonchev–Trinajstić information content (AvgIpc) is 2.93. The highest BCUT2D eigenvalue weighted by molar-refractivity contribution is 5.88. The van der Waals surface area contributed by atoms with Crippen molar-refractivity contribution in [2.75, 3.05) is 6.54 Å². The van der Waals surface area contributed by atoms with E-state index in [9.17, 15) is 13.2 Å². The molecule has 1 aliphatic rings. The normalized spacial score (nSPS) is 17.7. The maximum absolute atomic E-state index is 13.5. The first-order chi connectivity index (χ1) is 11.9. The Morgan fingerprint density at radius 2 is 1.84 bits per heavy atom. The molecule has 1 unspecified atom stereocenters. The lowest BCUT2D eigenvalue weighted by Gasteiger charge is -2.27. The van der Waals surface area contributed by atoms with Crippen LogP contribution < -0.4 is 5.32 Å². The minimum atomic E-state index is -4.37. The monoisotopic (exact) mass is 344 g/mol. The van der Waals surface area contributed by atoms with Gasteiger partial charge in [-0.1, -0.05) is 29.8 Å². The molecule has 4 rings (SSSR count). The van der Waals surface area contributed by atoms with Gasteiger partial charge >= 0.3 is 6.18 Å². The number of rotatable bonds is 1. The van der Waals surface area contributed by atoms with Gasteiger partial charge in [0.2, 0.25) is 0 Å². The molecular weight excluding hydrogens is 325 g/mol. The molecule has 0 aliphatic carbocycles. The number of benzene rings is 2. The van der Waals surface area contributed by atoms with Gasteiger partial charge in [0.15, 0.2) is 0 Å². The van der Waals surface area contributed by atoms with Crippen molar-refractivity contribution in [3.63, 3.8) is 0 Å². The van der Waals surface area contributed by atoms with Crippen LogP contribution >= 0.6 is 0 Å². The average molecular weight is 344 g/mol. The Kier molecular flexibility index (Phi) is 3.65. The highest BCUT2D eigenvalue weighted by Crippen LogP contribution is 2.40. The molecule has 1 aromatic heterocycles. The molecule has 2 heterocycles. The zero-order valence-electron chi connectivity index (χ0n) is 14.1. The lowest BCUT2D eigenvalue weighted by atomic mass is 9.91. The summed E-state index contributed by atoms with van der Waals surface area (Å²) in [6.45, 7) is 4.73. The molecule has 0 amide bonds. The summed E-state index contributed by atoms with van der Waals surface area (Å²) in [4.78, 5) is 3.41. The Morgan fingerprint density at radius 3 is 2.60 bits per heavy atom. The number of aromatic nitrogens is 1. The highest BCUT2D eigenvalue weighted by Gasteiger charge is 2.37. The second-order valence-electron chi connectivity index (χ2n) is 6.74. The maximum Gasteiger partial charge on any atom is 0.416 e. The molecular formula is C20H19F3N2. The quantitative estimate of drug-likeness (QED) is 0.636. The van der Waals surface area contributed by atoms with E-state index in [0.717, 1.165) is 45.8 Å². The van der Waals surface area contributed by atoms with E-state index in [-0.39, 0.29) is 5.56 Å². The van der Waals surface area contributed by atoms with Crippen LogP contribution in [0, 0.1) is 13.8 Å². The molecule has 0 fully saturated rings. The first kappa shape index (κ1) is 16.2. The molecule has 0 bridgehead atoms. The summed E-state index contributed by atoms with van der Waals surface area (Å²) in [6.07, 6.45) is -3.56. The van der Waals surface area contributed by atoms with Crippen molar-refractivity contribution in [3.05, 3.63) is 69.9 Å². The molecule has 1 atom stereocenters. The third-order valence-corrected chi connectivity index (χ3v) is 4.98. The SMILES string of the molecule is Cc1cc(C)c2[nH]c3c(c2c1)CCNC3c1ccccc1C(F)(F)F. The van der Waals surface area contributed by atoms with Crippen LogP contribution in [0.15, 0.2) is 36.4 Å². The second-order valence-corrected chi connectivity index (χ2v) is 6.74. The zero-order chi connectivity index (χ0) is 17.8. The number of halogens is 3. The third-order valence-electron chi connectivity index (χ3n) is 4.98. The molecule has 0 spiro atoms. The number of fused-ring (bicyclic) bond motifs is 3. The number of aryl methyl sites for hydroxylation is 2. The van der Waals surface area contributed by atoms with E-state index in [1.807, 2.05) is 13.8 Å². The van der Waals surface area contributed by atoms with E-state index in [4.69, 9.17) is 0 Å². The molecule has 2 N–H and O–H groups in total. The van der Waals surface area contributed by atoms with Gasteiger partial charge in [-0.3, -0.25) is 0 Å². The van der Waals surface area contributed by atoms with Gasteiger partial charge in [0.25, 0.3) is 0 Å². The van der Waals surface area contributed by atoms with Crippen molar-refractivity contribution in [2.24, 2.45) is 0 Å². The Labute approximate surface area is 144 Å². The summed E-state index contributed by atoms with van der Waals surface area (Å²) in [6, 6.07) is 9.57. The van der Waals surface area contributed by atoms with Crippen LogP contribution in [0.2, 0.25) is 0 Å². The van der Waals surface area contributed by atoms with Crippen LogP contribution in [0.1, 0.15) is 39.6 Å². The Hall–Kier alpha value is -2.27. The van der Waals surface area contributed by atoms with Crippen molar-refractivity contribution in [3.8, 4) is 0 Å². The Balaban J connectivity index is 1.94. The zero-order valence-corrected chi connectivity index (χ0v) is 14.1. The third kappa shape index (κ3) is 2.63. The standard InChI is InChI=1S/C20H19F3N2/c1-11-9-12(2)17-15(10-11)13-7-8-24-18(19(13)25-17)14-5-3-4-6-16(14)20(21,22)23/h3-6,9-10,18,24-25H,7-8H2,1-2H3. The van der Waals surface area contributed by atoms with Crippen molar-refractivity contribution < 1.29 is 13.2 Å². The first-order valence-electron chi connectivity index (χ1n) is 8.37. The fourth-order valence-corrected chi connectivity index (χ4v) is 3.96. The number of H-pyrrole nitrogens is 1. The van der Waals surface area contributed by atoms with E-state index in [0.29, 0.717) is 6.54 Å². The van der Waals surface area contributed by atoms with Crippen molar-refractivity contribution in [2.45, 2.75) is 32.5 Å². The number of nitrogens with one attached hydrogen (secondary N) is 2. The lowest BCUT2D eigenvalue weighted by molar-refractivity contribution is -0.138. The molecule has 0 saturated carbocycles. The van der Waals surface area contributed by atoms with E-state index in [1.165, 1.54) is 6.07 Å². The molecule has 25 heavy (non-hydrogen) atoms. The highest BCUT2D eigenvalue weighted by atomic mass is 19.4. The molecule has 0 saturated heterocycles. The molecule has 0 radical (unpaired) electrons.